The highest BCUT2D eigenvalue weighted by Gasteiger charge is 2.22. The molecule has 168 valence electrons. The van der Waals surface area contributed by atoms with Gasteiger partial charge in [-0.3, -0.25) is 20.2 Å². The van der Waals surface area contributed by atoms with E-state index in [0.29, 0.717) is 27.9 Å². The fraction of sp³-hybridized carbons (Fsp3) is 0.0870. The molecule has 0 heterocycles. The molecular weight excluding hydrogens is 444 g/mol. The first kappa shape index (κ1) is 23.4. The summed E-state index contributed by atoms with van der Waals surface area (Å²) in [6, 6.07) is 18.0. The van der Waals surface area contributed by atoms with Gasteiger partial charge in [-0.15, -0.1) is 0 Å². The predicted octanol–water partition coefficient (Wildman–Crippen LogP) is 4.05. The van der Waals surface area contributed by atoms with E-state index in [-0.39, 0.29) is 28.7 Å². The summed E-state index contributed by atoms with van der Waals surface area (Å²) in [5, 5.41) is 16.5. The quantitative estimate of drug-likeness (QED) is 0.163. The van der Waals surface area contributed by atoms with Crippen molar-refractivity contribution in [2.45, 2.75) is 6.42 Å². The number of thiocarbonyl (C=S) groups is 1. The van der Waals surface area contributed by atoms with Gasteiger partial charge in [-0.2, -0.15) is 0 Å². The monoisotopic (exact) mass is 464 g/mol. The van der Waals surface area contributed by atoms with Crippen LogP contribution in [-0.4, -0.2) is 29.0 Å². The highest BCUT2D eigenvalue weighted by atomic mass is 32.1. The van der Waals surface area contributed by atoms with Gasteiger partial charge in [0.05, 0.1) is 23.4 Å². The average Bonchev–Trinajstić information content (AvgIpc) is 2.82. The summed E-state index contributed by atoms with van der Waals surface area (Å²) >= 11 is 5.09. The van der Waals surface area contributed by atoms with Crippen molar-refractivity contribution in [1.82, 2.24) is 5.32 Å². The number of para-hydroxylation sites is 1. The Morgan fingerprint density at radius 3 is 2.39 bits per heavy atom. The van der Waals surface area contributed by atoms with E-state index < -0.39 is 11.0 Å². The number of ketones is 1. The van der Waals surface area contributed by atoms with Gasteiger partial charge in [-0.1, -0.05) is 48.5 Å². The number of ether oxygens (including phenoxy) is 1. The lowest BCUT2D eigenvalue weighted by atomic mass is 9.91. The smallest absolute Gasteiger partial charge is 0.413 e. The Bertz CT molecular complexity index is 1230. The highest BCUT2D eigenvalue weighted by Crippen LogP contribution is 2.32. The second kappa shape index (κ2) is 10.3. The molecule has 3 rings (SSSR count). The third kappa shape index (κ3) is 5.49. The number of nitrogens with two attached hydrogens (primary N) is 1. The van der Waals surface area contributed by atoms with E-state index in [4.69, 9.17) is 18.0 Å². The summed E-state index contributed by atoms with van der Waals surface area (Å²) in [5.41, 5.74) is 8.34. The SMILES string of the molecule is COC(=O)NC(=S)Nc1ccc(C(=O)c2ccccc2)c(Cc2ccccc2[N+](=O)[O-])c1N. The molecule has 3 aromatic rings. The molecule has 0 fully saturated rings. The van der Waals surface area contributed by atoms with Gasteiger partial charge in [0.1, 0.15) is 0 Å². The first-order valence-corrected chi connectivity index (χ1v) is 10.1. The maximum Gasteiger partial charge on any atom is 0.413 e. The lowest BCUT2D eigenvalue weighted by Gasteiger charge is -2.17. The van der Waals surface area contributed by atoms with Crippen LogP contribution in [0, 0.1) is 10.1 Å². The maximum atomic E-state index is 13.2. The Balaban J connectivity index is 2.08. The zero-order valence-electron chi connectivity index (χ0n) is 17.5. The van der Waals surface area contributed by atoms with E-state index in [1.54, 1.807) is 60.7 Å². The number of amides is 1. The first-order valence-electron chi connectivity index (χ1n) is 9.71. The molecule has 10 heteroatoms. The lowest BCUT2D eigenvalue weighted by molar-refractivity contribution is -0.385. The largest absolute Gasteiger partial charge is 0.453 e. The number of nitro groups is 1. The van der Waals surface area contributed by atoms with E-state index in [1.165, 1.54) is 13.2 Å². The predicted molar refractivity (Wildman–Crippen MR) is 128 cm³/mol. The van der Waals surface area contributed by atoms with Crippen molar-refractivity contribution in [2.75, 3.05) is 18.2 Å². The van der Waals surface area contributed by atoms with Crippen LogP contribution in [0.2, 0.25) is 0 Å². The van der Waals surface area contributed by atoms with Crippen LogP contribution in [0.4, 0.5) is 21.9 Å². The molecular formula is C23H20N4O5S. The summed E-state index contributed by atoms with van der Waals surface area (Å²) in [5.74, 6) is -0.280. The number of rotatable bonds is 6. The topological polar surface area (TPSA) is 137 Å². The highest BCUT2D eigenvalue weighted by molar-refractivity contribution is 7.80. The summed E-state index contributed by atoms with van der Waals surface area (Å²) in [7, 11) is 1.20. The van der Waals surface area contributed by atoms with Crippen molar-refractivity contribution < 1.29 is 19.2 Å². The summed E-state index contributed by atoms with van der Waals surface area (Å²) in [4.78, 5) is 35.7. The number of alkyl carbamates (subject to hydrolysis) is 1. The summed E-state index contributed by atoms with van der Waals surface area (Å²) < 4.78 is 4.51. The van der Waals surface area contributed by atoms with E-state index >= 15 is 0 Å². The van der Waals surface area contributed by atoms with Crippen LogP contribution < -0.4 is 16.4 Å². The number of hydrogen-bond donors (Lipinski definition) is 3. The Hall–Kier alpha value is -4.31. The molecule has 0 aliphatic rings. The fourth-order valence-corrected chi connectivity index (χ4v) is 3.44. The number of carbonyl (C=O) groups excluding carboxylic acids is 2. The molecule has 0 saturated heterocycles. The van der Waals surface area contributed by atoms with Crippen molar-refractivity contribution in [3.8, 4) is 0 Å². The Kier molecular flexibility index (Phi) is 7.31. The average molecular weight is 465 g/mol. The number of hydrogen-bond acceptors (Lipinski definition) is 7. The van der Waals surface area contributed by atoms with Crippen LogP contribution in [0.3, 0.4) is 0 Å². The Morgan fingerprint density at radius 1 is 1.06 bits per heavy atom. The molecule has 33 heavy (non-hydrogen) atoms. The summed E-state index contributed by atoms with van der Waals surface area (Å²) in [6.07, 6.45) is -0.731. The minimum Gasteiger partial charge on any atom is -0.453 e. The van der Waals surface area contributed by atoms with E-state index in [1.807, 2.05) is 0 Å². The molecule has 9 nitrogen and oxygen atoms in total. The molecule has 0 saturated carbocycles. The van der Waals surface area contributed by atoms with Gasteiger partial charge in [-0.25, -0.2) is 4.79 Å². The number of nitrogens with one attached hydrogen (secondary N) is 2. The normalized spacial score (nSPS) is 10.2. The zero-order valence-corrected chi connectivity index (χ0v) is 18.3. The van der Waals surface area contributed by atoms with Crippen LogP contribution in [0.15, 0.2) is 66.7 Å². The standard InChI is InChI=1S/C23H20N4O5S/c1-32-23(29)26-22(33)25-18-12-11-16(21(28)14-7-3-2-4-8-14)17(20(18)24)13-15-9-5-6-10-19(15)27(30)31/h2-12H,13,24H2,1H3,(H2,25,26,29,33). The molecule has 0 radical (unpaired) electrons. The zero-order chi connectivity index (χ0) is 24.0. The maximum absolute atomic E-state index is 13.2. The fourth-order valence-electron chi connectivity index (χ4n) is 3.25. The van der Waals surface area contributed by atoms with Gasteiger partial charge in [0, 0.05) is 29.2 Å². The number of anilines is 2. The Labute approximate surface area is 194 Å². The van der Waals surface area contributed by atoms with Crippen molar-refractivity contribution in [2.24, 2.45) is 0 Å². The molecule has 0 atom stereocenters. The van der Waals surface area contributed by atoms with Gasteiger partial charge >= 0.3 is 6.09 Å². The van der Waals surface area contributed by atoms with Gasteiger partial charge in [0.25, 0.3) is 5.69 Å². The van der Waals surface area contributed by atoms with Crippen LogP contribution >= 0.6 is 12.2 Å². The lowest BCUT2D eigenvalue weighted by Crippen LogP contribution is -2.34. The molecule has 0 bridgehead atoms. The molecule has 0 aliphatic carbocycles. The van der Waals surface area contributed by atoms with Crippen molar-refractivity contribution >= 4 is 46.3 Å². The van der Waals surface area contributed by atoms with E-state index in [9.17, 15) is 19.7 Å². The number of nitro benzene ring substituents is 1. The Morgan fingerprint density at radius 2 is 1.73 bits per heavy atom. The molecule has 0 aliphatic heterocycles. The molecule has 4 N–H and O–H groups in total. The number of nitrogen functional groups attached to an aromatic ring is 1. The summed E-state index contributed by atoms with van der Waals surface area (Å²) in [6.45, 7) is 0. The van der Waals surface area contributed by atoms with Gasteiger partial charge < -0.3 is 15.8 Å². The van der Waals surface area contributed by atoms with Gasteiger partial charge in [0.15, 0.2) is 10.9 Å². The van der Waals surface area contributed by atoms with E-state index in [0.717, 1.165) is 0 Å². The van der Waals surface area contributed by atoms with E-state index in [2.05, 4.69) is 15.4 Å². The van der Waals surface area contributed by atoms with Crippen LogP contribution in [0.25, 0.3) is 0 Å². The van der Waals surface area contributed by atoms with Crippen molar-refractivity contribution in [3.63, 3.8) is 0 Å². The second-order valence-corrected chi connectivity index (χ2v) is 7.29. The van der Waals surface area contributed by atoms with Crippen LogP contribution in [0.1, 0.15) is 27.0 Å². The number of nitrogens with zero attached hydrogens (tertiary/aromatic N) is 1. The molecule has 0 spiro atoms. The van der Waals surface area contributed by atoms with Crippen LogP contribution in [0.5, 0.6) is 0 Å². The second-order valence-electron chi connectivity index (χ2n) is 6.88. The molecule has 1 amide bonds. The minimum absolute atomic E-state index is 0.0314. The van der Waals surface area contributed by atoms with Gasteiger partial charge in [-0.05, 0) is 29.9 Å². The van der Waals surface area contributed by atoms with Crippen LogP contribution in [-0.2, 0) is 11.2 Å². The van der Waals surface area contributed by atoms with Gasteiger partial charge in [0.2, 0.25) is 0 Å². The molecule has 0 aromatic heterocycles. The number of methoxy groups -OCH3 is 1. The number of carbonyl (C=O) groups is 2. The molecule has 3 aromatic carbocycles. The third-order valence-corrected chi connectivity index (χ3v) is 5.05. The first-order chi connectivity index (χ1) is 15.8. The minimum atomic E-state index is -0.762. The van der Waals surface area contributed by atoms with Crippen molar-refractivity contribution in [3.05, 3.63) is 99.1 Å². The molecule has 0 unspecified atom stereocenters. The third-order valence-electron chi connectivity index (χ3n) is 4.84. The van der Waals surface area contributed by atoms with Crippen molar-refractivity contribution in [1.29, 1.82) is 0 Å². The number of benzene rings is 3.